The first kappa shape index (κ1) is 16.0. The van der Waals surface area contributed by atoms with Gasteiger partial charge in [0.25, 0.3) is 10.9 Å². The maximum absolute atomic E-state index is 11.7. The summed E-state index contributed by atoms with van der Waals surface area (Å²) in [5, 5.41) is 6.26. The summed E-state index contributed by atoms with van der Waals surface area (Å²) in [5.74, 6) is 0. The van der Waals surface area contributed by atoms with E-state index in [4.69, 9.17) is 0 Å². The normalized spacial score (nSPS) is 19.5. The van der Waals surface area contributed by atoms with Crippen molar-refractivity contribution in [3.8, 4) is 0 Å². The van der Waals surface area contributed by atoms with Crippen molar-refractivity contribution in [2.24, 2.45) is 0 Å². The van der Waals surface area contributed by atoms with Crippen molar-refractivity contribution in [3.05, 3.63) is 20.4 Å². The zero-order valence-electron chi connectivity index (χ0n) is 13.2. The van der Waals surface area contributed by atoms with E-state index in [9.17, 15) is 9.59 Å². The van der Waals surface area contributed by atoms with Crippen molar-refractivity contribution in [2.45, 2.75) is 25.8 Å². The standard InChI is InChI=1S/C15H26N4O2/c1-4-19-8-5-6-11(19)10-17-13-12(14(20)15(13)21)16-7-9-18(2)3/h11,16-17H,4-10H2,1-3H3/t11-/m1/s1. The average Bonchev–Trinajstić information content (AvgIpc) is 2.92. The molecule has 6 heteroatoms. The summed E-state index contributed by atoms with van der Waals surface area (Å²) in [6.45, 7) is 6.54. The fourth-order valence-corrected chi connectivity index (χ4v) is 2.90. The number of hydrogen-bond donors (Lipinski definition) is 2. The summed E-state index contributed by atoms with van der Waals surface area (Å²) in [6, 6.07) is 0.467. The second-order valence-corrected chi connectivity index (χ2v) is 5.94. The lowest BCUT2D eigenvalue weighted by molar-refractivity contribution is 0.277. The highest BCUT2D eigenvalue weighted by Crippen LogP contribution is 2.19. The van der Waals surface area contributed by atoms with E-state index in [1.54, 1.807) is 0 Å². The molecule has 21 heavy (non-hydrogen) atoms. The molecule has 0 bridgehead atoms. The van der Waals surface area contributed by atoms with Crippen LogP contribution in [0.15, 0.2) is 9.59 Å². The second kappa shape index (κ2) is 7.04. The van der Waals surface area contributed by atoms with Gasteiger partial charge in [-0.1, -0.05) is 6.92 Å². The molecule has 1 saturated heterocycles. The number of nitrogens with one attached hydrogen (secondary N) is 2. The van der Waals surface area contributed by atoms with E-state index >= 15 is 0 Å². The van der Waals surface area contributed by atoms with Gasteiger partial charge in [0.15, 0.2) is 0 Å². The molecular weight excluding hydrogens is 268 g/mol. The molecule has 0 aromatic heterocycles. The van der Waals surface area contributed by atoms with E-state index in [1.165, 1.54) is 6.42 Å². The Morgan fingerprint density at radius 2 is 1.86 bits per heavy atom. The molecule has 0 aliphatic carbocycles. The third-order valence-corrected chi connectivity index (χ3v) is 4.19. The van der Waals surface area contributed by atoms with E-state index in [1.807, 2.05) is 19.0 Å². The molecule has 6 nitrogen and oxygen atoms in total. The van der Waals surface area contributed by atoms with Crippen LogP contribution in [0, 0.1) is 0 Å². The van der Waals surface area contributed by atoms with Gasteiger partial charge in [-0.2, -0.15) is 0 Å². The molecule has 0 spiro atoms. The highest BCUT2D eigenvalue weighted by atomic mass is 16.2. The molecule has 1 heterocycles. The van der Waals surface area contributed by atoms with Crippen LogP contribution < -0.4 is 21.5 Å². The summed E-state index contributed by atoms with van der Waals surface area (Å²) in [5.41, 5.74) is 0.156. The van der Waals surface area contributed by atoms with Crippen LogP contribution in [0.1, 0.15) is 19.8 Å². The van der Waals surface area contributed by atoms with Crippen molar-refractivity contribution in [3.63, 3.8) is 0 Å². The van der Waals surface area contributed by atoms with Crippen LogP contribution >= 0.6 is 0 Å². The Morgan fingerprint density at radius 3 is 2.48 bits per heavy atom. The highest BCUT2D eigenvalue weighted by Gasteiger charge is 2.25. The van der Waals surface area contributed by atoms with Crippen LogP contribution in [0.2, 0.25) is 0 Å². The second-order valence-electron chi connectivity index (χ2n) is 5.94. The topological polar surface area (TPSA) is 64.7 Å². The van der Waals surface area contributed by atoms with Gasteiger partial charge in [0.2, 0.25) is 0 Å². The van der Waals surface area contributed by atoms with Gasteiger partial charge >= 0.3 is 0 Å². The maximum atomic E-state index is 11.7. The Hall–Kier alpha value is -1.40. The van der Waals surface area contributed by atoms with Gasteiger partial charge in [-0.3, -0.25) is 14.5 Å². The van der Waals surface area contributed by atoms with Gasteiger partial charge < -0.3 is 15.5 Å². The molecule has 2 N–H and O–H groups in total. The molecule has 1 aliphatic rings. The summed E-state index contributed by atoms with van der Waals surface area (Å²) in [7, 11) is 3.95. The number of rotatable bonds is 8. The summed E-state index contributed by atoms with van der Waals surface area (Å²) in [6.07, 6.45) is 2.36. The van der Waals surface area contributed by atoms with Crippen LogP contribution in [-0.4, -0.2) is 62.7 Å². The van der Waals surface area contributed by atoms with Crippen molar-refractivity contribution in [1.29, 1.82) is 0 Å². The third kappa shape index (κ3) is 3.63. The molecule has 0 radical (unpaired) electrons. The first-order chi connectivity index (χ1) is 10.0. The zero-order valence-corrected chi connectivity index (χ0v) is 13.2. The Balaban J connectivity index is 1.90. The number of hydrogen-bond acceptors (Lipinski definition) is 6. The van der Waals surface area contributed by atoms with Crippen LogP contribution in [0.4, 0.5) is 11.4 Å². The zero-order chi connectivity index (χ0) is 15.4. The van der Waals surface area contributed by atoms with E-state index in [-0.39, 0.29) is 5.43 Å². The molecular formula is C15H26N4O2. The Morgan fingerprint density at radius 1 is 1.19 bits per heavy atom. The summed E-state index contributed by atoms with van der Waals surface area (Å²) >= 11 is 0. The van der Waals surface area contributed by atoms with Crippen molar-refractivity contribution in [2.75, 3.05) is 57.5 Å². The van der Waals surface area contributed by atoms with Gasteiger partial charge in [0.05, 0.1) is 0 Å². The molecule has 1 aliphatic heterocycles. The number of likely N-dealkylation sites (tertiary alicyclic amines) is 1. The predicted octanol–water partition coefficient (Wildman–Crippen LogP) is 0.152. The summed E-state index contributed by atoms with van der Waals surface area (Å²) < 4.78 is 0. The molecule has 1 atom stereocenters. The SMILES string of the molecule is CCN1CCC[C@@H]1CNc1c(NCCN(C)C)c(=O)c1=O. The summed E-state index contributed by atoms with van der Waals surface area (Å²) in [4.78, 5) is 27.8. The number of nitrogens with zero attached hydrogens (tertiary/aromatic N) is 2. The lowest BCUT2D eigenvalue weighted by atomic mass is 10.1. The minimum atomic E-state index is -0.393. The Labute approximate surface area is 125 Å². The van der Waals surface area contributed by atoms with E-state index in [2.05, 4.69) is 22.5 Å². The molecule has 2 rings (SSSR count). The predicted molar refractivity (Wildman–Crippen MR) is 87.2 cm³/mol. The Bertz CT molecular complexity index is 534. The van der Waals surface area contributed by atoms with Crippen molar-refractivity contribution >= 4 is 11.4 Å². The molecule has 0 amide bonds. The fraction of sp³-hybridized carbons (Fsp3) is 0.733. The lowest BCUT2D eigenvalue weighted by Gasteiger charge is -2.24. The van der Waals surface area contributed by atoms with Gasteiger partial charge in [0, 0.05) is 25.7 Å². The van der Waals surface area contributed by atoms with Gasteiger partial charge in [-0.25, -0.2) is 0 Å². The maximum Gasteiger partial charge on any atom is 0.253 e. The average molecular weight is 294 g/mol. The molecule has 1 aromatic rings. The van der Waals surface area contributed by atoms with E-state index in [0.29, 0.717) is 24.0 Å². The number of likely N-dealkylation sites (N-methyl/N-ethyl adjacent to an activating group) is 2. The smallest absolute Gasteiger partial charge is 0.253 e. The van der Waals surface area contributed by atoms with Crippen LogP contribution in [0.5, 0.6) is 0 Å². The largest absolute Gasteiger partial charge is 0.379 e. The first-order valence-corrected chi connectivity index (χ1v) is 7.74. The fourth-order valence-electron chi connectivity index (χ4n) is 2.90. The van der Waals surface area contributed by atoms with Crippen molar-refractivity contribution in [1.82, 2.24) is 9.80 Å². The van der Waals surface area contributed by atoms with Crippen molar-refractivity contribution < 1.29 is 0 Å². The monoisotopic (exact) mass is 294 g/mol. The van der Waals surface area contributed by atoms with Gasteiger partial charge in [-0.05, 0) is 40.0 Å². The lowest BCUT2D eigenvalue weighted by Crippen LogP contribution is -2.41. The molecule has 118 valence electrons. The van der Waals surface area contributed by atoms with E-state index < -0.39 is 5.43 Å². The minimum absolute atomic E-state index is 0.386. The van der Waals surface area contributed by atoms with Gasteiger partial charge in [0.1, 0.15) is 11.4 Å². The molecule has 1 fully saturated rings. The first-order valence-electron chi connectivity index (χ1n) is 7.74. The van der Waals surface area contributed by atoms with Crippen LogP contribution in [0.25, 0.3) is 0 Å². The van der Waals surface area contributed by atoms with Crippen LogP contribution in [-0.2, 0) is 0 Å². The molecule has 0 unspecified atom stereocenters. The Kier molecular flexibility index (Phi) is 5.36. The quantitative estimate of drug-likeness (QED) is 0.666. The minimum Gasteiger partial charge on any atom is -0.379 e. The van der Waals surface area contributed by atoms with Crippen LogP contribution in [0.3, 0.4) is 0 Å². The molecule has 0 saturated carbocycles. The number of anilines is 2. The highest BCUT2D eigenvalue weighted by molar-refractivity contribution is 5.73. The van der Waals surface area contributed by atoms with E-state index in [0.717, 1.165) is 32.6 Å². The molecule has 1 aromatic carbocycles. The van der Waals surface area contributed by atoms with Gasteiger partial charge in [-0.15, -0.1) is 0 Å². The third-order valence-electron chi connectivity index (χ3n) is 4.19.